The average Bonchev–Trinajstić information content (AvgIpc) is 3.01. The maximum atomic E-state index is 12.5. The van der Waals surface area contributed by atoms with Crippen LogP contribution in [-0.2, 0) is 13.1 Å². The molecule has 3 rings (SSSR count). The van der Waals surface area contributed by atoms with Gasteiger partial charge in [0.1, 0.15) is 10.7 Å². The molecule has 0 saturated heterocycles. The molecule has 0 aliphatic rings. The van der Waals surface area contributed by atoms with Crippen LogP contribution in [0.3, 0.4) is 0 Å². The van der Waals surface area contributed by atoms with E-state index in [1.165, 1.54) is 11.3 Å². The van der Waals surface area contributed by atoms with E-state index in [2.05, 4.69) is 16.0 Å². The van der Waals surface area contributed by atoms with E-state index in [-0.39, 0.29) is 5.91 Å². The van der Waals surface area contributed by atoms with Crippen molar-refractivity contribution in [2.24, 2.45) is 0 Å². The topological polar surface area (TPSA) is 49.3 Å². The Labute approximate surface area is 145 Å². The minimum atomic E-state index is -0.0654. The zero-order valence-electron chi connectivity index (χ0n) is 14.1. The lowest BCUT2D eigenvalue weighted by Crippen LogP contribution is -2.26. The Kier molecular flexibility index (Phi) is 4.87. The van der Waals surface area contributed by atoms with Crippen LogP contribution in [-0.4, -0.2) is 46.8 Å². The van der Waals surface area contributed by atoms with Crippen molar-refractivity contribution in [2.45, 2.75) is 13.1 Å². The number of hydrogen-bond acceptors (Lipinski definition) is 5. The third-order valence-corrected chi connectivity index (χ3v) is 4.47. The summed E-state index contributed by atoms with van der Waals surface area (Å²) in [5.41, 5.74) is 2.48. The predicted octanol–water partition coefficient (Wildman–Crippen LogP) is 3.03. The van der Waals surface area contributed by atoms with Crippen LogP contribution < -0.4 is 0 Å². The highest BCUT2D eigenvalue weighted by molar-refractivity contribution is 7.09. The summed E-state index contributed by atoms with van der Waals surface area (Å²) in [6.45, 7) is 1.26. The molecule has 0 saturated carbocycles. The minimum absolute atomic E-state index is 0.0654. The van der Waals surface area contributed by atoms with Crippen molar-refractivity contribution in [1.82, 2.24) is 19.8 Å². The lowest BCUT2D eigenvalue weighted by Gasteiger charge is -2.16. The summed E-state index contributed by atoms with van der Waals surface area (Å²) in [5, 5.41) is 3.86. The van der Waals surface area contributed by atoms with Crippen LogP contribution >= 0.6 is 11.3 Å². The van der Waals surface area contributed by atoms with Gasteiger partial charge in [-0.3, -0.25) is 9.78 Å². The van der Waals surface area contributed by atoms with Gasteiger partial charge in [0.25, 0.3) is 5.91 Å². The number of fused-ring (bicyclic) bond motifs is 1. The molecule has 0 bridgehead atoms. The van der Waals surface area contributed by atoms with Gasteiger partial charge in [-0.2, -0.15) is 0 Å². The van der Waals surface area contributed by atoms with Crippen LogP contribution in [0, 0.1) is 0 Å². The molecule has 0 aliphatic carbocycles. The van der Waals surface area contributed by atoms with Crippen LogP contribution in [0.15, 0.2) is 41.9 Å². The first kappa shape index (κ1) is 16.5. The van der Waals surface area contributed by atoms with Crippen molar-refractivity contribution < 1.29 is 4.79 Å². The van der Waals surface area contributed by atoms with Gasteiger partial charge in [0, 0.05) is 37.1 Å². The molecule has 1 aromatic carbocycles. The summed E-state index contributed by atoms with van der Waals surface area (Å²) < 4.78 is 0. The molecule has 0 unspecified atom stereocenters. The van der Waals surface area contributed by atoms with Gasteiger partial charge in [0.05, 0.1) is 5.52 Å². The number of rotatable bonds is 5. The fraction of sp³-hybridized carbons (Fsp3) is 0.278. The van der Waals surface area contributed by atoms with Crippen LogP contribution in [0.2, 0.25) is 0 Å². The van der Waals surface area contributed by atoms with Crippen molar-refractivity contribution in [3.05, 3.63) is 58.2 Å². The molecule has 0 spiro atoms. The first-order chi connectivity index (χ1) is 11.5. The average molecular weight is 340 g/mol. The first-order valence-electron chi connectivity index (χ1n) is 7.71. The van der Waals surface area contributed by atoms with Crippen molar-refractivity contribution in [1.29, 1.82) is 0 Å². The molecular formula is C18H20N4OS. The second-order valence-electron chi connectivity index (χ2n) is 6.06. The van der Waals surface area contributed by atoms with E-state index in [9.17, 15) is 4.79 Å². The Bertz CT molecular complexity index is 859. The summed E-state index contributed by atoms with van der Waals surface area (Å²) in [5.74, 6) is -0.0654. The van der Waals surface area contributed by atoms with Crippen LogP contribution in [0.1, 0.15) is 21.1 Å². The predicted molar refractivity (Wildman–Crippen MR) is 97.0 cm³/mol. The number of nitrogens with zero attached hydrogens (tertiary/aromatic N) is 4. The van der Waals surface area contributed by atoms with Gasteiger partial charge < -0.3 is 9.80 Å². The normalized spacial score (nSPS) is 11.2. The quantitative estimate of drug-likeness (QED) is 0.716. The molecular weight excluding hydrogens is 320 g/mol. The van der Waals surface area contributed by atoms with E-state index in [4.69, 9.17) is 0 Å². The van der Waals surface area contributed by atoms with Crippen molar-refractivity contribution in [3.63, 3.8) is 0 Å². The zero-order valence-corrected chi connectivity index (χ0v) is 14.9. The molecule has 0 atom stereocenters. The summed E-state index contributed by atoms with van der Waals surface area (Å²) in [7, 11) is 5.77. The van der Waals surface area contributed by atoms with Crippen LogP contribution in [0.4, 0.5) is 0 Å². The minimum Gasteiger partial charge on any atom is -0.336 e. The molecule has 0 aliphatic heterocycles. The van der Waals surface area contributed by atoms with Crippen LogP contribution in [0.25, 0.3) is 10.9 Å². The zero-order chi connectivity index (χ0) is 17.1. The lowest BCUT2D eigenvalue weighted by atomic mass is 10.1. The number of para-hydroxylation sites is 1. The lowest BCUT2D eigenvalue weighted by molar-refractivity contribution is 0.0779. The maximum absolute atomic E-state index is 12.5. The second-order valence-corrected chi connectivity index (χ2v) is 7.00. The van der Waals surface area contributed by atoms with E-state index in [0.29, 0.717) is 12.2 Å². The number of pyridine rings is 1. The Morgan fingerprint density at radius 2 is 1.96 bits per heavy atom. The Hall–Kier alpha value is -2.31. The summed E-state index contributed by atoms with van der Waals surface area (Å²) in [6, 6.07) is 10.0. The number of amides is 1. The van der Waals surface area contributed by atoms with Gasteiger partial charge >= 0.3 is 0 Å². The second kappa shape index (κ2) is 7.07. The third kappa shape index (κ3) is 3.77. The SMILES string of the molecule is CN(C)Cc1nc(C(=O)N(C)Cc2cnc3ccccc3c2)cs1. The van der Waals surface area contributed by atoms with E-state index in [0.717, 1.165) is 28.0 Å². The summed E-state index contributed by atoms with van der Waals surface area (Å²) in [4.78, 5) is 25.1. The number of carbonyl (C=O) groups is 1. The molecule has 124 valence electrons. The Morgan fingerprint density at radius 3 is 2.75 bits per heavy atom. The molecule has 24 heavy (non-hydrogen) atoms. The number of thiazole rings is 1. The summed E-state index contributed by atoms with van der Waals surface area (Å²) in [6.07, 6.45) is 1.82. The molecule has 3 aromatic rings. The molecule has 2 heterocycles. The molecule has 0 N–H and O–H groups in total. The smallest absolute Gasteiger partial charge is 0.273 e. The number of aromatic nitrogens is 2. The largest absolute Gasteiger partial charge is 0.336 e. The Balaban J connectivity index is 1.71. The van der Waals surface area contributed by atoms with E-state index < -0.39 is 0 Å². The van der Waals surface area contributed by atoms with Gasteiger partial charge in [0.2, 0.25) is 0 Å². The summed E-state index contributed by atoms with van der Waals surface area (Å²) >= 11 is 1.52. The molecule has 0 radical (unpaired) electrons. The van der Waals surface area contributed by atoms with Crippen molar-refractivity contribution in [3.8, 4) is 0 Å². The molecule has 6 heteroatoms. The standard InChI is InChI=1S/C18H20N4OS/c1-21(2)11-17-20-16(12-24-17)18(23)22(3)10-13-8-14-6-4-5-7-15(14)19-9-13/h4-9,12H,10-11H2,1-3H3. The van der Waals surface area contributed by atoms with E-state index in [1.807, 2.05) is 54.8 Å². The van der Waals surface area contributed by atoms with E-state index >= 15 is 0 Å². The van der Waals surface area contributed by atoms with Crippen molar-refractivity contribution >= 4 is 28.1 Å². The van der Waals surface area contributed by atoms with E-state index in [1.54, 1.807) is 11.9 Å². The van der Waals surface area contributed by atoms with Gasteiger partial charge in [0.15, 0.2) is 0 Å². The van der Waals surface area contributed by atoms with Crippen molar-refractivity contribution in [2.75, 3.05) is 21.1 Å². The van der Waals surface area contributed by atoms with Gasteiger partial charge in [-0.05, 0) is 31.8 Å². The number of benzene rings is 1. The first-order valence-corrected chi connectivity index (χ1v) is 8.59. The number of hydrogen-bond donors (Lipinski definition) is 0. The molecule has 0 fully saturated rings. The monoisotopic (exact) mass is 340 g/mol. The van der Waals surface area contributed by atoms with Crippen LogP contribution in [0.5, 0.6) is 0 Å². The number of carbonyl (C=O) groups excluding carboxylic acids is 1. The fourth-order valence-corrected chi connectivity index (χ4v) is 3.38. The maximum Gasteiger partial charge on any atom is 0.273 e. The fourth-order valence-electron chi connectivity index (χ4n) is 2.50. The third-order valence-electron chi connectivity index (χ3n) is 3.64. The molecule has 2 aromatic heterocycles. The molecule has 5 nitrogen and oxygen atoms in total. The van der Waals surface area contributed by atoms with Gasteiger partial charge in [-0.1, -0.05) is 18.2 Å². The van der Waals surface area contributed by atoms with Gasteiger partial charge in [-0.25, -0.2) is 4.98 Å². The molecule has 1 amide bonds. The Morgan fingerprint density at radius 1 is 1.17 bits per heavy atom. The highest BCUT2D eigenvalue weighted by Crippen LogP contribution is 2.16. The van der Waals surface area contributed by atoms with Gasteiger partial charge in [-0.15, -0.1) is 11.3 Å². The highest BCUT2D eigenvalue weighted by atomic mass is 32.1. The highest BCUT2D eigenvalue weighted by Gasteiger charge is 2.16.